The minimum Gasteiger partial charge on any atom is -0.326 e. The van der Waals surface area contributed by atoms with Gasteiger partial charge in [-0.2, -0.15) is 0 Å². The first-order chi connectivity index (χ1) is 12.2. The SMILES string of the molecule is CC[C@@H](C(=O)Nc1ccc(-c2ccnc(C)c2)cc1)c1ccccc1. The van der Waals surface area contributed by atoms with Crippen molar-refractivity contribution in [2.45, 2.75) is 26.2 Å². The van der Waals surface area contributed by atoms with Crippen LogP contribution in [0.15, 0.2) is 72.9 Å². The zero-order valence-electron chi connectivity index (χ0n) is 14.6. The quantitative estimate of drug-likeness (QED) is 0.699. The third-order valence-electron chi connectivity index (χ3n) is 4.31. The summed E-state index contributed by atoms with van der Waals surface area (Å²) in [4.78, 5) is 16.8. The molecule has 1 atom stereocenters. The minimum absolute atomic E-state index is 0.0289. The highest BCUT2D eigenvalue weighted by Crippen LogP contribution is 2.24. The molecule has 126 valence electrons. The number of aryl methyl sites for hydroxylation is 1. The van der Waals surface area contributed by atoms with E-state index in [2.05, 4.69) is 16.4 Å². The molecule has 0 aliphatic rings. The van der Waals surface area contributed by atoms with Gasteiger partial charge in [0.1, 0.15) is 0 Å². The summed E-state index contributed by atoms with van der Waals surface area (Å²) in [6.07, 6.45) is 2.58. The molecule has 1 heterocycles. The fourth-order valence-electron chi connectivity index (χ4n) is 2.96. The lowest BCUT2D eigenvalue weighted by molar-refractivity contribution is -0.117. The van der Waals surface area contributed by atoms with Crippen molar-refractivity contribution in [1.82, 2.24) is 4.98 Å². The zero-order chi connectivity index (χ0) is 17.6. The van der Waals surface area contributed by atoms with Crippen molar-refractivity contribution in [3.8, 4) is 11.1 Å². The first-order valence-corrected chi connectivity index (χ1v) is 8.56. The fourth-order valence-corrected chi connectivity index (χ4v) is 2.96. The van der Waals surface area contributed by atoms with Crippen LogP contribution in [-0.2, 0) is 4.79 Å². The Balaban J connectivity index is 1.73. The van der Waals surface area contributed by atoms with E-state index in [4.69, 9.17) is 0 Å². The second kappa shape index (κ2) is 7.75. The molecule has 0 spiro atoms. The van der Waals surface area contributed by atoms with E-state index in [0.717, 1.165) is 34.5 Å². The van der Waals surface area contributed by atoms with Gasteiger partial charge in [-0.25, -0.2) is 0 Å². The lowest BCUT2D eigenvalue weighted by Crippen LogP contribution is -2.20. The molecule has 0 saturated heterocycles. The Hall–Kier alpha value is -2.94. The summed E-state index contributed by atoms with van der Waals surface area (Å²) >= 11 is 0. The molecule has 0 saturated carbocycles. The van der Waals surface area contributed by atoms with Crippen molar-refractivity contribution in [2.24, 2.45) is 0 Å². The number of benzene rings is 2. The Morgan fingerprint density at radius 2 is 1.72 bits per heavy atom. The number of amides is 1. The van der Waals surface area contributed by atoms with Gasteiger partial charge in [-0.05, 0) is 54.3 Å². The maximum absolute atomic E-state index is 12.6. The lowest BCUT2D eigenvalue weighted by atomic mass is 9.95. The number of pyridine rings is 1. The molecule has 0 radical (unpaired) electrons. The predicted molar refractivity (Wildman–Crippen MR) is 103 cm³/mol. The summed E-state index contributed by atoms with van der Waals surface area (Å²) in [6, 6.07) is 21.9. The highest BCUT2D eigenvalue weighted by molar-refractivity contribution is 5.96. The third-order valence-corrected chi connectivity index (χ3v) is 4.31. The summed E-state index contributed by atoms with van der Waals surface area (Å²) in [5, 5.41) is 3.03. The van der Waals surface area contributed by atoms with E-state index < -0.39 is 0 Å². The number of carbonyl (C=O) groups excluding carboxylic acids is 1. The number of anilines is 1. The number of hydrogen-bond donors (Lipinski definition) is 1. The number of rotatable bonds is 5. The van der Waals surface area contributed by atoms with Gasteiger partial charge in [0, 0.05) is 17.6 Å². The summed E-state index contributed by atoms with van der Waals surface area (Å²) in [7, 11) is 0. The van der Waals surface area contributed by atoms with Gasteiger partial charge < -0.3 is 5.32 Å². The molecule has 3 aromatic rings. The normalized spacial score (nSPS) is 11.8. The van der Waals surface area contributed by atoms with Crippen molar-refractivity contribution in [3.05, 3.63) is 84.2 Å². The molecule has 0 aliphatic heterocycles. The molecule has 3 rings (SSSR count). The van der Waals surface area contributed by atoms with Crippen LogP contribution in [-0.4, -0.2) is 10.9 Å². The van der Waals surface area contributed by atoms with Crippen LogP contribution in [0, 0.1) is 6.92 Å². The van der Waals surface area contributed by atoms with E-state index in [9.17, 15) is 4.79 Å². The van der Waals surface area contributed by atoms with Gasteiger partial charge in [-0.15, -0.1) is 0 Å². The number of hydrogen-bond acceptors (Lipinski definition) is 2. The Labute approximate surface area is 148 Å². The number of carbonyl (C=O) groups is 1. The van der Waals surface area contributed by atoms with E-state index in [1.54, 1.807) is 0 Å². The molecular formula is C22H22N2O. The average Bonchev–Trinajstić information content (AvgIpc) is 2.64. The Morgan fingerprint density at radius 3 is 2.36 bits per heavy atom. The second-order valence-corrected chi connectivity index (χ2v) is 6.12. The predicted octanol–water partition coefficient (Wildman–Crippen LogP) is 5.19. The largest absolute Gasteiger partial charge is 0.326 e. The zero-order valence-corrected chi connectivity index (χ0v) is 14.6. The lowest BCUT2D eigenvalue weighted by Gasteiger charge is -2.15. The Kier molecular flexibility index (Phi) is 5.24. The monoisotopic (exact) mass is 330 g/mol. The average molecular weight is 330 g/mol. The molecule has 2 aromatic carbocycles. The van der Waals surface area contributed by atoms with Crippen molar-refractivity contribution in [2.75, 3.05) is 5.32 Å². The van der Waals surface area contributed by atoms with Crippen LogP contribution in [0.3, 0.4) is 0 Å². The van der Waals surface area contributed by atoms with Gasteiger partial charge in [-0.1, -0.05) is 49.4 Å². The third kappa shape index (κ3) is 4.13. The summed E-state index contributed by atoms with van der Waals surface area (Å²) in [6.45, 7) is 4.01. The van der Waals surface area contributed by atoms with E-state index >= 15 is 0 Å². The topological polar surface area (TPSA) is 42.0 Å². The summed E-state index contributed by atoms with van der Waals surface area (Å²) in [5.41, 5.74) is 5.09. The molecule has 1 N–H and O–H groups in total. The van der Waals surface area contributed by atoms with Gasteiger partial charge in [-0.3, -0.25) is 9.78 Å². The first-order valence-electron chi connectivity index (χ1n) is 8.56. The number of nitrogens with zero attached hydrogens (tertiary/aromatic N) is 1. The van der Waals surface area contributed by atoms with Gasteiger partial charge in [0.05, 0.1) is 5.92 Å². The summed E-state index contributed by atoms with van der Waals surface area (Å²) in [5.74, 6) is -0.107. The van der Waals surface area contributed by atoms with Crippen molar-refractivity contribution in [3.63, 3.8) is 0 Å². The molecule has 1 amide bonds. The first kappa shape index (κ1) is 16.9. The molecule has 1 aromatic heterocycles. The van der Waals surface area contributed by atoms with Crippen molar-refractivity contribution >= 4 is 11.6 Å². The van der Waals surface area contributed by atoms with E-state index in [0.29, 0.717) is 0 Å². The Bertz CT molecular complexity index is 841. The van der Waals surface area contributed by atoms with Gasteiger partial charge in [0.25, 0.3) is 0 Å². The molecule has 3 heteroatoms. The molecule has 0 fully saturated rings. The highest BCUT2D eigenvalue weighted by Gasteiger charge is 2.18. The Morgan fingerprint density at radius 1 is 1.00 bits per heavy atom. The molecule has 3 nitrogen and oxygen atoms in total. The number of aromatic nitrogens is 1. The van der Waals surface area contributed by atoms with Gasteiger partial charge in [0.2, 0.25) is 5.91 Å². The van der Waals surface area contributed by atoms with E-state index in [-0.39, 0.29) is 11.8 Å². The highest BCUT2D eigenvalue weighted by atomic mass is 16.1. The molecular weight excluding hydrogens is 308 g/mol. The molecule has 0 unspecified atom stereocenters. The van der Waals surface area contributed by atoms with Gasteiger partial charge in [0.15, 0.2) is 0 Å². The molecule has 0 aliphatic carbocycles. The van der Waals surface area contributed by atoms with E-state index in [1.165, 1.54) is 0 Å². The van der Waals surface area contributed by atoms with Crippen LogP contribution < -0.4 is 5.32 Å². The van der Waals surface area contributed by atoms with E-state index in [1.807, 2.05) is 80.7 Å². The van der Waals surface area contributed by atoms with Crippen LogP contribution in [0.2, 0.25) is 0 Å². The van der Waals surface area contributed by atoms with Gasteiger partial charge >= 0.3 is 0 Å². The van der Waals surface area contributed by atoms with Crippen LogP contribution in [0.25, 0.3) is 11.1 Å². The molecule has 25 heavy (non-hydrogen) atoms. The molecule has 0 bridgehead atoms. The smallest absolute Gasteiger partial charge is 0.231 e. The van der Waals surface area contributed by atoms with Crippen molar-refractivity contribution in [1.29, 1.82) is 0 Å². The van der Waals surface area contributed by atoms with Crippen LogP contribution in [0.4, 0.5) is 5.69 Å². The second-order valence-electron chi connectivity index (χ2n) is 6.12. The minimum atomic E-state index is -0.135. The van der Waals surface area contributed by atoms with Crippen LogP contribution in [0.5, 0.6) is 0 Å². The maximum Gasteiger partial charge on any atom is 0.231 e. The fraction of sp³-hybridized carbons (Fsp3) is 0.182. The van der Waals surface area contributed by atoms with Crippen molar-refractivity contribution < 1.29 is 4.79 Å². The standard InChI is InChI=1S/C22H22N2O/c1-3-21(18-7-5-4-6-8-18)22(25)24-20-11-9-17(10-12-20)19-13-14-23-16(2)15-19/h4-15,21H,3H2,1-2H3,(H,24,25)/t21-/m1/s1. The van der Waals surface area contributed by atoms with Crippen LogP contribution in [0.1, 0.15) is 30.5 Å². The summed E-state index contributed by atoms with van der Waals surface area (Å²) < 4.78 is 0. The maximum atomic E-state index is 12.6. The van der Waals surface area contributed by atoms with Crippen LogP contribution >= 0.6 is 0 Å². The number of nitrogens with one attached hydrogen (secondary N) is 1.